The summed E-state index contributed by atoms with van der Waals surface area (Å²) in [5.41, 5.74) is -0.775. The Hall–Kier alpha value is -1.79. The predicted molar refractivity (Wildman–Crippen MR) is 75.5 cm³/mol. The second kappa shape index (κ2) is 5.44. The standard InChI is InChI=1S/C15H18F3N3O/c16-15(17,18)12-6-5-11(9-19-12)21-10-14(20-13(21)22)7-3-1-2-4-8-14/h5-6,9H,1-4,7-8,10H2,(H,20,22). The molecule has 0 bridgehead atoms. The number of rotatable bonds is 1. The summed E-state index contributed by atoms with van der Waals surface area (Å²) in [5.74, 6) is 0. The van der Waals surface area contributed by atoms with Crippen LogP contribution in [0, 0.1) is 0 Å². The van der Waals surface area contributed by atoms with Crippen LogP contribution < -0.4 is 10.2 Å². The van der Waals surface area contributed by atoms with Gasteiger partial charge in [-0.25, -0.2) is 9.78 Å². The SMILES string of the molecule is O=C1NC2(CCCCCC2)CN1c1ccc(C(F)(F)F)nc1. The van der Waals surface area contributed by atoms with Crippen molar-refractivity contribution in [2.24, 2.45) is 0 Å². The lowest BCUT2D eigenvalue weighted by molar-refractivity contribution is -0.141. The highest BCUT2D eigenvalue weighted by molar-refractivity contribution is 5.95. The van der Waals surface area contributed by atoms with Gasteiger partial charge in [0.25, 0.3) is 0 Å². The molecule has 3 rings (SSSR count). The van der Waals surface area contributed by atoms with E-state index < -0.39 is 11.9 Å². The van der Waals surface area contributed by atoms with Crippen LogP contribution >= 0.6 is 0 Å². The quantitative estimate of drug-likeness (QED) is 0.859. The predicted octanol–water partition coefficient (Wildman–Crippen LogP) is 3.72. The Morgan fingerprint density at radius 2 is 1.82 bits per heavy atom. The number of anilines is 1. The molecule has 7 heteroatoms. The molecule has 120 valence electrons. The first-order chi connectivity index (χ1) is 10.4. The average Bonchev–Trinajstić information content (AvgIpc) is 2.64. The molecule has 1 saturated carbocycles. The molecule has 0 aromatic carbocycles. The summed E-state index contributed by atoms with van der Waals surface area (Å²) < 4.78 is 37.6. The van der Waals surface area contributed by atoms with Gasteiger partial charge in [-0.3, -0.25) is 4.90 Å². The average molecular weight is 313 g/mol. The highest BCUT2D eigenvalue weighted by Crippen LogP contribution is 2.34. The van der Waals surface area contributed by atoms with E-state index in [1.54, 1.807) is 0 Å². The van der Waals surface area contributed by atoms with E-state index in [9.17, 15) is 18.0 Å². The van der Waals surface area contributed by atoms with E-state index in [0.717, 1.165) is 37.9 Å². The second-order valence-electron chi connectivity index (χ2n) is 6.11. The summed E-state index contributed by atoms with van der Waals surface area (Å²) in [4.78, 5) is 17.1. The van der Waals surface area contributed by atoms with Gasteiger partial charge < -0.3 is 5.32 Å². The smallest absolute Gasteiger partial charge is 0.330 e. The molecular weight excluding hydrogens is 295 g/mol. The van der Waals surface area contributed by atoms with Gasteiger partial charge >= 0.3 is 12.2 Å². The van der Waals surface area contributed by atoms with Crippen LogP contribution in [-0.4, -0.2) is 23.1 Å². The first-order valence-electron chi connectivity index (χ1n) is 7.53. The Morgan fingerprint density at radius 3 is 2.36 bits per heavy atom. The molecule has 2 heterocycles. The van der Waals surface area contributed by atoms with E-state index in [-0.39, 0.29) is 11.6 Å². The number of nitrogens with one attached hydrogen (secondary N) is 1. The van der Waals surface area contributed by atoms with Crippen molar-refractivity contribution in [3.63, 3.8) is 0 Å². The largest absolute Gasteiger partial charge is 0.433 e. The number of aromatic nitrogens is 1. The van der Waals surface area contributed by atoms with Crippen LogP contribution in [0.15, 0.2) is 18.3 Å². The molecule has 1 saturated heterocycles. The molecule has 22 heavy (non-hydrogen) atoms. The third-order valence-corrected chi connectivity index (χ3v) is 4.49. The topological polar surface area (TPSA) is 45.2 Å². The van der Waals surface area contributed by atoms with E-state index in [1.807, 2.05) is 0 Å². The first kappa shape index (κ1) is 15.1. The van der Waals surface area contributed by atoms with Crippen molar-refractivity contribution in [3.8, 4) is 0 Å². The number of carbonyl (C=O) groups is 1. The number of halogens is 3. The molecule has 0 radical (unpaired) electrons. The second-order valence-corrected chi connectivity index (χ2v) is 6.11. The highest BCUT2D eigenvalue weighted by Gasteiger charge is 2.43. The Morgan fingerprint density at radius 1 is 1.14 bits per heavy atom. The van der Waals surface area contributed by atoms with Gasteiger partial charge in [0.15, 0.2) is 0 Å². The van der Waals surface area contributed by atoms with Gasteiger partial charge in [-0.15, -0.1) is 0 Å². The minimum Gasteiger partial charge on any atom is -0.330 e. The van der Waals surface area contributed by atoms with Gasteiger partial charge in [-0.1, -0.05) is 25.7 Å². The Labute approximate surface area is 126 Å². The number of hydrogen-bond acceptors (Lipinski definition) is 2. The maximum Gasteiger partial charge on any atom is 0.433 e. The summed E-state index contributed by atoms with van der Waals surface area (Å²) in [6.07, 6.45) is 2.97. The summed E-state index contributed by atoms with van der Waals surface area (Å²) >= 11 is 0. The van der Waals surface area contributed by atoms with E-state index in [2.05, 4.69) is 10.3 Å². The highest BCUT2D eigenvalue weighted by atomic mass is 19.4. The summed E-state index contributed by atoms with van der Waals surface area (Å²) in [6, 6.07) is 1.98. The van der Waals surface area contributed by atoms with Crippen LogP contribution in [0.25, 0.3) is 0 Å². The van der Waals surface area contributed by atoms with Gasteiger partial charge in [-0.2, -0.15) is 13.2 Å². The summed E-state index contributed by atoms with van der Waals surface area (Å²) in [5, 5.41) is 3.04. The van der Waals surface area contributed by atoms with Gasteiger partial charge in [0.1, 0.15) is 5.69 Å². The molecule has 1 aromatic rings. The maximum atomic E-state index is 12.5. The zero-order valence-corrected chi connectivity index (χ0v) is 12.1. The van der Waals surface area contributed by atoms with Crippen molar-refractivity contribution in [1.29, 1.82) is 0 Å². The molecule has 0 atom stereocenters. The summed E-state index contributed by atoms with van der Waals surface area (Å²) in [6.45, 7) is 0.499. The van der Waals surface area contributed by atoms with Crippen LogP contribution in [0.2, 0.25) is 0 Å². The van der Waals surface area contributed by atoms with Crippen molar-refractivity contribution in [2.75, 3.05) is 11.4 Å². The molecule has 4 nitrogen and oxygen atoms in total. The van der Waals surface area contributed by atoms with Gasteiger partial charge in [0, 0.05) is 0 Å². The third-order valence-electron chi connectivity index (χ3n) is 4.49. The number of alkyl halides is 3. The van der Waals surface area contributed by atoms with Gasteiger partial charge in [0.2, 0.25) is 0 Å². The van der Waals surface area contributed by atoms with Crippen molar-refractivity contribution in [3.05, 3.63) is 24.0 Å². The van der Waals surface area contributed by atoms with Crippen molar-refractivity contribution >= 4 is 11.7 Å². The number of urea groups is 1. The normalized spacial score (nSPS) is 21.8. The van der Waals surface area contributed by atoms with Crippen LogP contribution in [0.5, 0.6) is 0 Å². The van der Waals surface area contributed by atoms with Gasteiger partial charge in [-0.05, 0) is 25.0 Å². The van der Waals surface area contributed by atoms with Gasteiger partial charge in [0.05, 0.1) is 24.0 Å². The first-order valence-corrected chi connectivity index (χ1v) is 7.53. The lowest BCUT2D eigenvalue weighted by Crippen LogP contribution is -2.42. The number of amides is 2. The van der Waals surface area contributed by atoms with E-state index in [4.69, 9.17) is 0 Å². The molecule has 2 fully saturated rings. The third kappa shape index (κ3) is 2.89. The minimum atomic E-state index is -4.46. The minimum absolute atomic E-state index is 0.240. The van der Waals surface area contributed by atoms with Crippen molar-refractivity contribution in [2.45, 2.75) is 50.2 Å². The molecule has 1 aliphatic heterocycles. The number of hydrogen-bond donors (Lipinski definition) is 1. The molecule has 2 aliphatic rings. The van der Waals surface area contributed by atoms with Crippen LogP contribution in [0.1, 0.15) is 44.2 Å². The lowest BCUT2D eigenvalue weighted by Gasteiger charge is -2.26. The zero-order chi connectivity index (χ0) is 15.8. The van der Waals surface area contributed by atoms with Crippen molar-refractivity contribution in [1.82, 2.24) is 10.3 Å². The Balaban J connectivity index is 1.79. The maximum absolute atomic E-state index is 12.5. The fraction of sp³-hybridized carbons (Fsp3) is 0.600. The van der Waals surface area contributed by atoms with Crippen LogP contribution in [-0.2, 0) is 6.18 Å². The van der Waals surface area contributed by atoms with E-state index in [0.29, 0.717) is 12.2 Å². The zero-order valence-electron chi connectivity index (χ0n) is 12.1. The molecule has 1 aliphatic carbocycles. The van der Waals surface area contributed by atoms with E-state index in [1.165, 1.54) is 23.8 Å². The molecule has 1 spiro atoms. The Kier molecular flexibility index (Phi) is 3.74. The fourth-order valence-electron chi connectivity index (χ4n) is 3.32. The number of carbonyl (C=O) groups excluding carboxylic acids is 1. The number of pyridine rings is 1. The van der Waals surface area contributed by atoms with Crippen LogP contribution in [0.4, 0.5) is 23.7 Å². The van der Waals surface area contributed by atoms with Crippen LogP contribution in [0.3, 0.4) is 0 Å². The molecule has 1 aromatic heterocycles. The molecule has 1 N–H and O–H groups in total. The molecule has 2 amide bonds. The fourth-order valence-corrected chi connectivity index (χ4v) is 3.32. The monoisotopic (exact) mass is 313 g/mol. The summed E-state index contributed by atoms with van der Waals surface area (Å²) in [7, 11) is 0. The van der Waals surface area contributed by atoms with E-state index >= 15 is 0 Å². The number of nitrogens with zero attached hydrogens (tertiary/aromatic N) is 2. The van der Waals surface area contributed by atoms with Crippen molar-refractivity contribution < 1.29 is 18.0 Å². The lowest BCUT2D eigenvalue weighted by atomic mass is 9.91. The Bertz CT molecular complexity index is 548. The molecule has 0 unspecified atom stereocenters. The molecular formula is C15H18F3N3O.